The van der Waals surface area contributed by atoms with Gasteiger partial charge in [0, 0.05) is 24.6 Å². The van der Waals surface area contributed by atoms with Crippen molar-refractivity contribution in [3.8, 4) is 5.75 Å². The van der Waals surface area contributed by atoms with E-state index in [2.05, 4.69) is 17.5 Å². The molecule has 1 saturated heterocycles. The zero-order valence-corrected chi connectivity index (χ0v) is 10.6. The number of nitrogens with one attached hydrogen (secondary N) is 1. The summed E-state index contributed by atoms with van der Waals surface area (Å²) in [6.07, 6.45) is 1.58. The third-order valence-electron chi connectivity index (χ3n) is 2.66. The van der Waals surface area contributed by atoms with Gasteiger partial charge >= 0.3 is 0 Å². The summed E-state index contributed by atoms with van der Waals surface area (Å²) in [5, 5.41) is 2.77. The molecule has 0 bridgehead atoms. The van der Waals surface area contributed by atoms with Crippen LogP contribution >= 0.6 is 12.2 Å². The van der Waals surface area contributed by atoms with E-state index in [-0.39, 0.29) is 17.0 Å². The maximum atomic E-state index is 13.8. The molecule has 1 fully saturated rings. The predicted octanol–water partition coefficient (Wildman–Crippen LogP) is 2.04. The molecular formula is C12H15FN2O2S. The Kier molecular flexibility index (Phi) is 4.33. The second kappa shape index (κ2) is 5.97. The van der Waals surface area contributed by atoms with Crippen LogP contribution in [0.5, 0.6) is 5.75 Å². The fraction of sp³-hybridized carbons (Fsp3) is 0.417. The van der Waals surface area contributed by atoms with E-state index in [0.717, 1.165) is 12.8 Å². The third kappa shape index (κ3) is 3.54. The minimum atomic E-state index is -0.428. The minimum Gasteiger partial charge on any atom is -0.487 e. The number of hydrogen-bond donors (Lipinski definition) is 2. The van der Waals surface area contributed by atoms with E-state index in [1.165, 1.54) is 6.07 Å². The van der Waals surface area contributed by atoms with Crippen molar-refractivity contribution in [1.82, 2.24) is 0 Å². The number of benzene rings is 1. The van der Waals surface area contributed by atoms with Crippen molar-refractivity contribution in [3.63, 3.8) is 0 Å². The summed E-state index contributed by atoms with van der Waals surface area (Å²) in [5.74, 6) is -0.182. The Hall–Kier alpha value is -1.40. The maximum absolute atomic E-state index is 13.8. The molecule has 1 aliphatic heterocycles. The van der Waals surface area contributed by atoms with Crippen molar-refractivity contribution in [3.05, 3.63) is 24.0 Å². The van der Waals surface area contributed by atoms with Crippen molar-refractivity contribution in [2.45, 2.75) is 18.9 Å². The number of rotatable bonds is 3. The molecule has 0 atom stereocenters. The summed E-state index contributed by atoms with van der Waals surface area (Å²) in [5.41, 5.74) is 5.83. The molecule has 0 radical (unpaired) electrons. The molecule has 0 saturated carbocycles. The smallest absolute Gasteiger partial charge is 0.168 e. The summed E-state index contributed by atoms with van der Waals surface area (Å²) >= 11 is 4.68. The SMILES string of the molecule is NC(=S)Nc1ccc(OC2CCOCC2)c(F)c1. The van der Waals surface area contributed by atoms with Crippen LogP contribution in [0.15, 0.2) is 18.2 Å². The first-order chi connectivity index (χ1) is 8.65. The molecule has 1 aromatic rings. The molecule has 98 valence electrons. The summed E-state index contributed by atoms with van der Waals surface area (Å²) in [6, 6.07) is 4.57. The summed E-state index contributed by atoms with van der Waals surface area (Å²) in [6.45, 7) is 1.32. The average molecular weight is 270 g/mol. The summed E-state index contributed by atoms with van der Waals surface area (Å²) in [7, 11) is 0. The van der Waals surface area contributed by atoms with Crippen LogP contribution in [-0.2, 0) is 4.74 Å². The molecule has 0 unspecified atom stereocenters. The van der Waals surface area contributed by atoms with Crippen LogP contribution in [0.2, 0.25) is 0 Å². The Morgan fingerprint density at radius 2 is 2.17 bits per heavy atom. The Morgan fingerprint density at radius 1 is 1.44 bits per heavy atom. The molecule has 4 nitrogen and oxygen atoms in total. The highest BCUT2D eigenvalue weighted by Gasteiger charge is 2.17. The lowest BCUT2D eigenvalue weighted by Gasteiger charge is -2.23. The van der Waals surface area contributed by atoms with Crippen LogP contribution in [-0.4, -0.2) is 24.4 Å². The predicted molar refractivity (Wildman–Crippen MR) is 71.3 cm³/mol. The number of ether oxygens (including phenoxy) is 2. The molecule has 1 aromatic carbocycles. The van der Waals surface area contributed by atoms with Crippen molar-refractivity contribution in [2.75, 3.05) is 18.5 Å². The third-order valence-corrected chi connectivity index (χ3v) is 2.76. The van der Waals surface area contributed by atoms with Crippen molar-refractivity contribution < 1.29 is 13.9 Å². The minimum absolute atomic E-state index is 0.0163. The van der Waals surface area contributed by atoms with Gasteiger partial charge < -0.3 is 20.5 Å². The van der Waals surface area contributed by atoms with E-state index < -0.39 is 5.82 Å². The van der Waals surface area contributed by atoms with Crippen LogP contribution < -0.4 is 15.8 Å². The molecule has 2 rings (SSSR count). The van der Waals surface area contributed by atoms with E-state index in [9.17, 15) is 4.39 Å². The van der Waals surface area contributed by atoms with Gasteiger partial charge in [-0.2, -0.15) is 0 Å². The van der Waals surface area contributed by atoms with Gasteiger partial charge in [0.2, 0.25) is 0 Å². The first kappa shape index (κ1) is 13.0. The van der Waals surface area contributed by atoms with Crippen LogP contribution in [0, 0.1) is 5.82 Å². The van der Waals surface area contributed by atoms with Gasteiger partial charge in [0.05, 0.1) is 13.2 Å². The summed E-state index contributed by atoms with van der Waals surface area (Å²) < 4.78 is 24.6. The largest absolute Gasteiger partial charge is 0.487 e. The highest BCUT2D eigenvalue weighted by Crippen LogP contribution is 2.24. The number of halogens is 1. The lowest BCUT2D eigenvalue weighted by atomic mass is 10.1. The Morgan fingerprint density at radius 3 is 2.78 bits per heavy atom. The molecule has 3 N–H and O–H groups in total. The van der Waals surface area contributed by atoms with E-state index in [1.54, 1.807) is 12.1 Å². The van der Waals surface area contributed by atoms with Gasteiger partial charge in [0.1, 0.15) is 6.10 Å². The van der Waals surface area contributed by atoms with Gasteiger partial charge in [-0.05, 0) is 24.4 Å². The van der Waals surface area contributed by atoms with Gasteiger partial charge in [-0.3, -0.25) is 0 Å². The van der Waals surface area contributed by atoms with Crippen LogP contribution in [0.3, 0.4) is 0 Å². The van der Waals surface area contributed by atoms with Crippen LogP contribution in [0.25, 0.3) is 0 Å². The zero-order chi connectivity index (χ0) is 13.0. The number of nitrogens with two attached hydrogens (primary N) is 1. The highest BCUT2D eigenvalue weighted by atomic mass is 32.1. The topological polar surface area (TPSA) is 56.5 Å². The molecule has 1 aliphatic rings. The Balaban J connectivity index is 2.02. The van der Waals surface area contributed by atoms with E-state index in [0.29, 0.717) is 18.9 Å². The molecule has 0 spiro atoms. The second-order valence-electron chi connectivity index (χ2n) is 4.06. The summed E-state index contributed by atoms with van der Waals surface area (Å²) in [4.78, 5) is 0. The van der Waals surface area contributed by atoms with Crippen molar-refractivity contribution in [1.29, 1.82) is 0 Å². The van der Waals surface area contributed by atoms with Gasteiger partial charge in [-0.25, -0.2) is 4.39 Å². The fourth-order valence-corrected chi connectivity index (χ4v) is 1.91. The van der Waals surface area contributed by atoms with Gasteiger partial charge in [0.15, 0.2) is 16.7 Å². The second-order valence-corrected chi connectivity index (χ2v) is 4.50. The maximum Gasteiger partial charge on any atom is 0.168 e. The molecule has 0 amide bonds. The van der Waals surface area contributed by atoms with E-state index >= 15 is 0 Å². The zero-order valence-electron chi connectivity index (χ0n) is 9.82. The van der Waals surface area contributed by atoms with Crippen LogP contribution in [0.1, 0.15) is 12.8 Å². The first-order valence-electron chi connectivity index (χ1n) is 5.75. The lowest BCUT2D eigenvalue weighted by Crippen LogP contribution is -2.26. The quantitative estimate of drug-likeness (QED) is 0.823. The molecule has 18 heavy (non-hydrogen) atoms. The lowest BCUT2D eigenvalue weighted by molar-refractivity contribution is 0.0240. The normalized spacial score (nSPS) is 16.3. The first-order valence-corrected chi connectivity index (χ1v) is 6.16. The molecule has 0 aliphatic carbocycles. The Bertz CT molecular complexity index is 436. The molecular weight excluding hydrogens is 255 g/mol. The van der Waals surface area contributed by atoms with Crippen LogP contribution in [0.4, 0.5) is 10.1 Å². The van der Waals surface area contributed by atoms with Gasteiger partial charge in [-0.15, -0.1) is 0 Å². The van der Waals surface area contributed by atoms with Gasteiger partial charge in [-0.1, -0.05) is 0 Å². The molecule has 1 heterocycles. The highest BCUT2D eigenvalue weighted by molar-refractivity contribution is 7.80. The van der Waals surface area contributed by atoms with Gasteiger partial charge in [0.25, 0.3) is 0 Å². The van der Waals surface area contributed by atoms with Crippen molar-refractivity contribution in [2.24, 2.45) is 5.73 Å². The number of hydrogen-bond acceptors (Lipinski definition) is 3. The number of thiocarbonyl (C=S) groups is 1. The van der Waals surface area contributed by atoms with E-state index in [1.807, 2.05) is 0 Å². The van der Waals surface area contributed by atoms with E-state index in [4.69, 9.17) is 15.2 Å². The monoisotopic (exact) mass is 270 g/mol. The average Bonchev–Trinajstić information content (AvgIpc) is 2.33. The Labute approximate surface area is 110 Å². The molecule has 6 heteroatoms. The number of anilines is 1. The molecule has 0 aromatic heterocycles. The standard InChI is InChI=1S/C12H15FN2O2S/c13-10-7-8(15-12(14)18)1-2-11(10)17-9-3-5-16-6-4-9/h1-2,7,9H,3-6H2,(H3,14,15,18). The fourth-order valence-electron chi connectivity index (χ4n) is 1.79. The van der Waals surface area contributed by atoms with Crippen molar-refractivity contribution >= 4 is 23.0 Å².